The number of nitrogens with one attached hydrogen (secondary N) is 1. The zero-order valence-corrected chi connectivity index (χ0v) is 11.2. The first-order valence-electron chi connectivity index (χ1n) is 5.56. The van der Waals surface area contributed by atoms with Gasteiger partial charge in [0.05, 0.1) is 11.9 Å². The van der Waals surface area contributed by atoms with Crippen LogP contribution in [0.5, 0.6) is 0 Å². The highest BCUT2D eigenvalue weighted by Crippen LogP contribution is 2.39. The second-order valence-electron chi connectivity index (χ2n) is 4.27. The molecule has 1 heterocycles. The molecule has 1 aliphatic heterocycles. The third-order valence-corrected chi connectivity index (χ3v) is 4.33. The van der Waals surface area contributed by atoms with Crippen LogP contribution < -0.4 is 5.32 Å². The predicted molar refractivity (Wildman–Crippen MR) is 67.9 cm³/mol. The molecule has 0 aromatic rings. The fraction of sp³-hybridized carbons (Fsp3) is 0.800. The standard InChI is InChI=1S/C10H17N3O4S/c1-13-5-3-10(4-6-13,18-12-16)8(11-7-14)9(15)17-2/h7-8H,3-6H2,1-2H3,(H,11,14). The van der Waals surface area contributed by atoms with E-state index < -0.39 is 16.8 Å². The van der Waals surface area contributed by atoms with Crippen LogP contribution in [-0.4, -0.2) is 55.3 Å². The van der Waals surface area contributed by atoms with Crippen LogP contribution in [0.15, 0.2) is 4.58 Å². The highest BCUT2D eigenvalue weighted by Gasteiger charge is 2.47. The van der Waals surface area contributed by atoms with E-state index in [1.165, 1.54) is 7.11 Å². The molecule has 1 amide bonds. The van der Waals surface area contributed by atoms with E-state index in [2.05, 4.69) is 19.5 Å². The van der Waals surface area contributed by atoms with Gasteiger partial charge in [-0.05, 0) is 33.0 Å². The average molecular weight is 275 g/mol. The second kappa shape index (κ2) is 6.69. The molecule has 1 saturated heterocycles. The van der Waals surface area contributed by atoms with Crippen molar-refractivity contribution in [3.05, 3.63) is 4.91 Å². The molecule has 1 N–H and O–H groups in total. The van der Waals surface area contributed by atoms with E-state index >= 15 is 0 Å². The van der Waals surface area contributed by atoms with Gasteiger partial charge in [-0.3, -0.25) is 4.79 Å². The summed E-state index contributed by atoms with van der Waals surface area (Å²) in [7, 11) is 3.21. The van der Waals surface area contributed by atoms with Gasteiger partial charge in [-0.1, -0.05) is 0 Å². The first-order chi connectivity index (χ1) is 8.59. The van der Waals surface area contributed by atoms with E-state index in [1.54, 1.807) is 0 Å². The lowest BCUT2D eigenvalue weighted by molar-refractivity contribution is -0.145. The van der Waals surface area contributed by atoms with Gasteiger partial charge in [0.25, 0.3) is 0 Å². The van der Waals surface area contributed by atoms with Crippen molar-refractivity contribution in [3.63, 3.8) is 0 Å². The SMILES string of the molecule is COC(=O)C(NC=O)C1(SN=O)CCN(C)CC1. The predicted octanol–water partition coefficient (Wildman–Crippen LogP) is 0.153. The van der Waals surface area contributed by atoms with Crippen LogP contribution in [0.2, 0.25) is 0 Å². The first kappa shape index (κ1) is 14.9. The highest BCUT2D eigenvalue weighted by atomic mass is 32.2. The van der Waals surface area contributed by atoms with Crippen molar-refractivity contribution in [2.75, 3.05) is 27.2 Å². The largest absolute Gasteiger partial charge is 0.467 e. The Labute approximate surface area is 110 Å². The Morgan fingerprint density at radius 3 is 2.61 bits per heavy atom. The Kier molecular flexibility index (Phi) is 5.54. The van der Waals surface area contributed by atoms with E-state index in [-0.39, 0.29) is 0 Å². The average Bonchev–Trinajstić information content (AvgIpc) is 2.38. The van der Waals surface area contributed by atoms with Crippen molar-refractivity contribution in [3.8, 4) is 0 Å². The van der Waals surface area contributed by atoms with E-state index in [0.717, 1.165) is 25.0 Å². The van der Waals surface area contributed by atoms with Crippen molar-refractivity contribution < 1.29 is 14.3 Å². The number of nitroso groups, excluding NO2 is 1. The topological polar surface area (TPSA) is 88.1 Å². The van der Waals surface area contributed by atoms with Crippen molar-refractivity contribution in [1.29, 1.82) is 0 Å². The summed E-state index contributed by atoms with van der Waals surface area (Å²) in [6, 6.07) is -0.851. The van der Waals surface area contributed by atoms with Crippen molar-refractivity contribution in [2.24, 2.45) is 4.58 Å². The Balaban J connectivity index is 2.94. The van der Waals surface area contributed by atoms with Crippen LogP contribution in [0.4, 0.5) is 0 Å². The molecule has 102 valence electrons. The molecule has 0 spiro atoms. The molecule has 0 radical (unpaired) electrons. The summed E-state index contributed by atoms with van der Waals surface area (Å²) in [5.74, 6) is -0.553. The van der Waals surface area contributed by atoms with Gasteiger partial charge < -0.3 is 15.0 Å². The van der Waals surface area contributed by atoms with Crippen LogP contribution in [-0.2, 0) is 14.3 Å². The number of amides is 1. The lowest BCUT2D eigenvalue weighted by Gasteiger charge is -2.41. The Morgan fingerprint density at radius 2 is 2.17 bits per heavy atom. The Bertz CT molecular complexity index is 318. The fourth-order valence-electron chi connectivity index (χ4n) is 2.12. The lowest BCUT2D eigenvalue weighted by Crippen LogP contribution is -2.57. The van der Waals surface area contributed by atoms with Gasteiger partial charge in [-0.25, -0.2) is 4.79 Å². The minimum Gasteiger partial charge on any atom is -0.467 e. The van der Waals surface area contributed by atoms with Gasteiger partial charge in [0.1, 0.15) is 6.04 Å². The molecular formula is C10H17N3O4S. The van der Waals surface area contributed by atoms with E-state index in [0.29, 0.717) is 19.3 Å². The van der Waals surface area contributed by atoms with Gasteiger partial charge in [0.2, 0.25) is 6.41 Å². The summed E-state index contributed by atoms with van der Waals surface area (Å²) in [5.41, 5.74) is 0. The first-order valence-corrected chi connectivity index (χ1v) is 6.34. The zero-order chi connectivity index (χ0) is 13.6. The summed E-state index contributed by atoms with van der Waals surface area (Å²) in [5, 5.41) is 2.45. The molecule has 18 heavy (non-hydrogen) atoms. The van der Waals surface area contributed by atoms with Crippen LogP contribution >= 0.6 is 11.9 Å². The normalized spacial score (nSPS) is 20.8. The number of methoxy groups -OCH3 is 1. The quantitative estimate of drug-likeness (QED) is 0.321. The van der Waals surface area contributed by atoms with Crippen molar-refractivity contribution in [1.82, 2.24) is 10.2 Å². The van der Waals surface area contributed by atoms with Crippen molar-refractivity contribution in [2.45, 2.75) is 23.6 Å². The molecule has 8 heteroatoms. The maximum atomic E-state index is 11.7. The van der Waals surface area contributed by atoms with Crippen LogP contribution in [0, 0.1) is 4.91 Å². The lowest BCUT2D eigenvalue weighted by atomic mass is 9.88. The summed E-state index contributed by atoms with van der Waals surface area (Å²) < 4.78 is 6.83. The molecule has 0 bridgehead atoms. The summed E-state index contributed by atoms with van der Waals surface area (Å²) in [6.07, 6.45) is 1.62. The number of hydrogen-bond donors (Lipinski definition) is 1. The molecule has 7 nitrogen and oxygen atoms in total. The van der Waals surface area contributed by atoms with E-state index in [9.17, 15) is 14.5 Å². The molecule has 1 fully saturated rings. The van der Waals surface area contributed by atoms with Gasteiger partial charge in [0.15, 0.2) is 0 Å². The van der Waals surface area contributed by atoms with E-state index in [1.807, 2.05) is 7.05 Å². The monoisotopic (exact) mass is 275 g/mol. The molecule has 1 aliphatic rings. The summed E-state index contributed by atoms with van der Waals surface area (Å²) >= 11 is 0.814. The summed E-state index contributed by atoms with van der Waals surface area (Å²) in [6.45, 7) is 1.47. The number of esters is 1. The minimum absolute atomic E-state index is 0.451. The summed E-state index contributed by atoms with van der Waals surface area (Å²) in [4.78, 5) is 35.1. The number of hydrogen-bond acceptors (Lipinski definition) is 7. The molecule has 1 rings (SSSR count). The molecular weight excluding hydrogens is 258 g/mol. The third-order valence-electron chi connectivity index (χ3n) is 3.25. The number of likely N-dealkylation sites (tertiary alicyclic amines) is 1. The Morgan fingerprint density at radius 1 is 1.56 bits per heavy atom. The molecule has 0 aromatic heterocycles. The van der Waals surface area contributed by atoms with Gasteiger partial charge in [-0.15, -0.1) is 4.91 Å². The number of carbonyl (C=O) groups excluding carboxylic acids is 2. The molecule has 0 aromatic carbocycles. The van der Waals surface area contributed by atoms with Gasteiger partial charge in [-0.2, -0.15) is 0 Å². The highest BCUT2D eigenvalue weighted by molar-refractivity contribution is 7.99. The number of piperidine rings is 1. The molecule has 1 unspecified atom stereocenters. The molecule has 0 aliphatic carbocycles. The Hall–Kier alpha value is -1.15. The van der Waals surface area contributed by atoms with Crippen LogP contribution in [0.3, 0.4) is 0 Å². The number of ether oxygens (including phenoxy) is 1. The maximum absolute atomic E-state index is 11.7. The zero-order valence-electron chi connectivity index (χ0n) is 10.4. The minimum atomic E-state index is -0.851. The number of nitrogens with zero attached hydrogens (tertiary/aromatic N) is 2. The third kappa shape index (κ3) is 3.20. The van der Waals surface area contributed by atoms with Crippen LogP contribution in [0.1, 0.15) is 12.8 Å². The molecule has 0 saturated carbocycles. The number of rotatable bonds is 6. The maximum Gasteiger partial charge on any atom is 0.329 e. The number of carbonyl (C=O) groups is 2. The van der Waals surface area contributed by atoms with E-state index in [4.69, 9.17) is 0 Å². The van der Waals surface area contributed by atoms with Gasteiger partial charge >= 0.3 is 5.97 Å². The fourth-order valence-corrected chi connectivity index (χ4v) is 2.91. The smallest absolute Gasteiger partial charge is 0.329 e. The van der Waals surface area contributed by atoms with Crippen LogP contribution in [0.25, 0.3) is 0 Å². The van der Waals surface area contributed by atoms with Crippen molar-refractivity contribution >= 4 is 24.3 Å². The van der Waals surface area contributed by atoms with Gasteiger partial charge in [0, 0.05) is 16.5 Å². The second-order valence-corrected chi connectivity index (χ2v) is 5.42. The molecule has 1 atom stereocenters.